The lowest BCUT2D eigenvalue weighted by atomic mass is 9.82. The second-order valence-electron chi connectivity index (χ2n) is 5.33. The van der Waals surface area contributed by atoms with Crippen LogP contribution in [0.4, 0.5) is 0 Å². The summed E-state index contributed by atoms with van der Waals surface area (Å²) < 4.78 is 0. The van der Waals surface area contributed by atoms with E-state index in [4.69, 9.17) is 5.73 Å². The highest BCUT2D eigenvalue weighted by atomic mass is 16.2. The van der Waals surface area contributed by atoms with Gasteiger partial charge in [-0.25, -0.2) is 0 Å². The fraction of sp³-hybridized carbons (Fsp3) is 0.533. The molecule has 18 heavy (non-hydrogen) atoms. The van der Waals surface area contributed by atoms with E-state index in [0.717, 1.165) is 31.2 Å². The summed E-state index contributed by atoms with van der Waals surface area (Å²) in [5.74, 6) is 0.00505. The lowest BCUT2D eigenvalue weighted by molar-refractivity contribution is -0.127. The number of nitrogens with two attached hydrogens (primary N) is 1. The molecule has 0 atom stereocenters. The number of hydrogen-bond acceptors (Lipinski definition) is 2. The molecule has 1 aliphatic rings. The van der Waals surface area contributed by atoms with Gasteiger partial charge in [-0.05, 0) is 30.9 Å². The van der Waals surface area contributed by atoms with Gasteiger partial charge in [0.05, 0.1) is 5.54 Å². The van der Waals surface area contributed by atoms with Crippen molar-refractivity contribution in [2.45, 2.75) is 51.1 Å². The Kier molecular flexibility index (Phi) is 4.02. The van der Waals surface area contributed by atoms with Gasteiger partial charge in [-0.1, -0.05) is 43.5 Å². The molecule has 0 aromatic heterocycles. The Labute approximate surface area is 109 Å². The largest absolute Gasteiger partial charge is 0.350 e. The van der Waals surface area contributed by atoms with E-state index in [9.17, 15) is 4.79 Å². The lowest BCUT2D eigenvalue weighted by Gasteiger charge is -2.31. The Bertz CT molecular complexity index is 422. The number of aryl methyl sites for hydroxylation is 1. The molecule has 1 fully saturated rings. The fourth-order valence-electron chi connectivity index (χ4n) is 2.57. The van der Waals surface area contributed by atoms with Gasteiger partial charge in [0.2, 0.25) is 5.91 Å². The second kappa shape index (κ2) is 5.53. The second-order valence-corrected chi connectivity index (χ2v) is 5.33. The van der Waals surface area contributed by atoms with Crippen LogP contribution in [0.5, 0.6) is 0 Å². The lowest BCUT2D eigenvalue weighted by Crippen LogP contribution is -2.54. The van der Waals surface area contributed by atoms with Crippen LogP contribution in [0.25, 0.3) is 0 Å². The number of carbonyl (C=O) groups excluding carboxylic acids is 1. The standard InChI is InChI=1S/C15H22N2O/c1-12-7-3-4-8-13(12)11-17-14(18)15(16)9-5-2-6-10-15/h3-4,7-8H,2,5-6,9-11,16H2,1H3,(H,17,18). The highest BCUT2D eigenvalue weighted by Gasteiger charge is 2.34. The molecule has 0 saturated heterocycles. The van der Waals surface area contributed by atoms with E-state index in [1.165, 1.54) is 12.0 Å². The molecule has 0 unspecified atom stereocenters. The maximum Gasteiger partial charge on any atom is 0.240 e. The molecule has 0 bridgehead atoms. The van der Waals surface area contributed by atoms with Gasteiger partial charge in [-0.2, -0.15) is 0 Å². The third-order valence-corrected chi connectivity index (χ3v) is 3.90. The Morgan fingerprint density at radius 2 is 1.94 bits per heavy atom. The van der Waals surface area contributed by atoms with Gasteiger partial charge >= 0.3 is 0 Å². The highest BCUT2D eigenvalue weighted by molar-refractivity contribution is 5.86. The van der Waals surface area contributed by atoms with Crippen LogP contribution in [0.15, 0.2) is 24.3 Å². The quantitative estimate of drug-likeness (QED) is 0.859. The molecule has 2 rings (SSSR count). The third kappa shape index (κ3) is 2.91. The Morgan fingerprint density at radius 3 is 2.61 bits per heavy atom. The van der Waals surface area contributed by atoms with Crippen molar-refractivity contribution in [2.75, 3.05) is 0 Å². The van der Waals surface area contributed by atoms with Crippen LogP contribution in [0.1, 0.15) is 43.2 Å². The van der Waals surface area contributed by atoms with Crippen molar-refractivity contribution in [1.29, 1.82) is 0 Å². The summed E-state index contributed by atoms with van der Waals surface area (Å²) in [7, 11) is 0. The number of hydrogen-bond donors (Lipinski definition) is 2. The minimum atomic E-state index is -0.638. The first-order chi connectivity index (χ1) is 8.62. The van der Waals surface area contributed by atoms with Gasteiger partial charge in [0.1, 0.15) is 0 Å². The topological polar surface area (TPSA) is 55.1 Å². The van der Waals surface area contributed by atoms with Crippen molar-refractivity contribution in [2.24, 2.45) is 5.73 Å². The van der Waals surface area contributed by atoms with E-state index >= 15 is 0 Å². The molecule has 3 heteroatoms. The van der Waals surface area contributed by atoms with E-state index in [1.54, 1.807) is 0 Å². The zero-order chi connectivity index (χ0) is 13.0. The van der Waals surface area contributed by atoms with Gasteiger partial charge in [0, 0.05) is 6.54 Å². The Morgan fingerprint density at radius 1 is 1.28 bits per heavy atom. The van der Waals surface area contributed by atoms with Gasteiger partial charge in [-0.3, -0.25) is 4.79 Å². The smallest absolute Gasteiger partial charge is 0.240 e. The molecule has 1 amide bonds. The van der Waals surface area contributed by atoms with Crippen molar-refractivity contribution in [3.05, 3.63) is 35.4 Å². The van der Waals surface area contributed by atoms with Crippen LogP contribution in [0.3, 0.4) is 0 Å². The molecule has 3 N–H and O–H groups in total. The average molecular weight is 246 g/mol. The monoisotopic (exact) mass is 246 g/mol. The summed E-state index contributed by atoms with van der Waals surface area (Å²) in [5, 5.41) is 2.99. The molecule has 0 spiro atoms. The predicted molar refractivity (Wildman–Crippen MR) is 73.0 cm³/mol. The molecule has 1 aromatic rings. The Hall–Kier alpha value is -1.35. The zero-order valence-electron chi connectivity index (χ0n) is 11.0. The molecule has 1 aliphatic carbocycles. The van der Waals surface area contributed by atoms with Crippen molar-refractivity contribution in [3.63, 3.8) is 0 Å². The van der Waals surface area contributed by atoms with E-state index in [2.05, 4.69) is 18.3 Å². The van der Waals surface area contributed by atoms with E-state index in [0.29, 0.717) is 6.54 Å². The highest BCUT2D eigenvalue weighted by Crippen LogP contribution is 2.26. The summed E-state index contributed by atoms with van der Waals surface area (Å²) in [6, 6.07) is 8.10. The van der Waals surface area contributed by atoms with Crippen LogP contribution < -0.4 is 11.1 Å². The minimum absolute atomic E-state index is 0.00505. The molecule has 98 valence electrons. The van der Waals surface area contributed by atoms with Crippen LogP contribution >= 0.6 is 0 Å². The number of carbonyl (C=O) groups is 1. The first-order valence-corrected chi connectivity index (χ1v) is 6.73. The van der Waals surface area contributed by atoms with Gasteiger partial charge in [-0.15, -0.1) is 0 Å². The fourth-order valence-corrected chi connectivity index (χ4v) is 2.57. The molecular formula is C15H22N2O. The molecule has 0 radical (unpaired) electrons. The SMILES string of the molecule is Cc1ccccc1CNC(=O)C1(N)CCCCC1. The van der Waals surface area contributed by atoms with Crippen molar-refractivity contribution in [3.8, 4) is 0 Å². The zero-order valence-corrected chi connectivity index (χ0v) is 11.0. The molecule has 1 saturated carbocycles. The summed E-state index contributed by atoms with van der Waals surface area (Å²) in [6.45, 7) is 2.63. The van der Waals surface area contributed by atoms with Crippen LogP contribution in [0, 0.1) is 6.92 Å². The number of nitrogens with one attached hydrogen (secondary N) is 1. The van der Waals surface area contributed by atoms with Gasteiger partial charge < -0.3 is 11.1 Å². The van der Waals surface area contributed by atoms with Crippen molar-refractivity contribution < 1.29 is 4.79 Å². The van der Waals surface area contributed by atoms with Crippen molar-refractivity contribution >= 4 is 5.91 Å². The molecule has 3 nitrogen and oxygen atoms in total. The average Bonchev–Trinajstić information content (AvgIpc) is 2.38. The number of benzene rings is 1. The number of amides is 1. The first kappa shape index (κ1) is 13.1. The summed E-state index contributed by atoms with van der Waals surface area (Å²) >= 11 is 0. The van der Waals surface area contributed by atoms with Crippen LogP contribution in [-0.4, -0.2) is 11.4 Å². The van der Waals surface area contributed by atoms with E-state index in [-0.39, 0.29) is 5.91 Å². The van der Waals surface area contributed by atoms with Crippen molar-refractivity contribution in [1.82, 2.24) is 5.32 Å². The maximum atomic E-state index is 12.2. The molecular weight excluding hydrogens is 224 g/mol. The summed E-state index contributed by atoms with van der Waals surface area (Å²) in [5.41, 5.74) is 7.91. The first-order valence-electron chi connectivity index (χ1n) is 6.73. The van der Waals surface area contributed by atoms with Crippen LogP contribution in [0.2, 0.25) is 0 Å². The minimum Gasteiger partial charge on any atom is -0.350 e. The molecule has 0 aliphatic heterocycles. The van der Waals surface area contributed by atoms with Crippen LogP contribution in [-0.2, 0) is 11.3 Å². The van der Waals surface area contributed by atoms with E-state index < -0.39 is 5.54 Å². The third-order valence-electron chi connectivity index (χ3n) is 3.90. The molecule has 0 heterocycles. The predicted octanol–water partition coefficient (Wildman–Crippen LogP) is 2.27. The summed E-state index contributed by atoms with van der Waals surface area (Å²) in [4.78, 5) is 12.2. The van der Waals surface area contributed by atoms with Gasteiger partial charge in [0.15, 0.2) is 0 Å². The summed E-state index contributed by atoms with van der Waals surface area (Å²) in [6.07, 6.45) is 4.95. The van der Waals surface area contributed by atoms with E-state index in [1.807, 2.05) is 18.2 Å². The maximum absolute atomic E-state index is 12.2. The normalized spacial score (nSPS) is 18.3. The Balaban J connectivity index is 1.94. The molecule has 1 aromatic carbocycles. The number of rotatable bonds is 3. The van der Waals surface area contributed by atoms with Gasteiger partial charge in [0.25, 0.3) is 0 Å².